The van der Waals surface area contributed by atoms with Gasteiger partial charge in [0.25, 0.3) is 0 Å². The van der Waals surface area contributed by atoms with Crippen molar-refractivity contribution in [2.75, 3.05) is 12.3 Å². The van der Waals surface area contributed by atoms with Crippen LogP contribution in [0.4, 0.5) is 4.39 Å². The SMILES string of the molecule is O=C(O)c1cc(Br)cc(S(=O)(=O)NCC2CCCS2)c1F. The average molecular weight is 398 g/mol. The highest BCUT2D eigenvalue weighted by Gasteiger charge is 2.26. The van der Waals surface area contributed by atoms with E-state index in [9.17, 15) is 17.6 Å². The van der Waals surface area contributed by atoms with Crippen LogP contribution < -0.4 is 4.72 Å². The molecule has 0 aromatic heterocycles. The molecule has 1 aliphatic heterocycles. The number of nitrogens with one attached hydrogen (secondary N) is 1. The fourth-order valence-electron chi connectivity index (χ4n) is 2.00. The van der Waals surface area contributed by atoms with E-state index in [1.54, 1.807) is 11.8 Å². The fourth-order valence-corrected chi connectivity index (χ4v) is 5.12. The third-order valence-corrected chi connectivity index (χ3v) is 6.33. The van der Waals surface area contributed by atoms with Gasteiger partial charge in [0, 0.05) is 16.3 Å². The minimum atomic E-state index is -4.09. The number of carboxylic acid groups (broad SMARTS) is 1. The third-order valence-electron chi connectivity index (χ3n) is 3.05. The molecule has 1 saturated heterocycles. The summed E-state index contributed by atoms with van der Waals surface area (Å²) < 4.78 is 40.9. The van der Waals surface area contributed by atoms with Gasteiger partial charge in [-0.15, -0.1) is 0 Å². The number of benzene rings is 1. The number of hydrogen-bond donors (Lipinski definition) is 2. The quantitative estimate of drug-likeness (QED) is 0.796. The van der Waals surface area contributed by atoms with Gasteiger partial charge in [-0.05, 0) is 30.7 Å². The zero-order valence-corrected chi connectivity index (χ0v) is 14.0. The van der Waals surface area contributed by atoms with Crippen LogP contribution in [0.15, 0.2) is 21.5 Å². The summed E-state index contributed by atoms with van der Waals surface area (Å²) in [7, 11) is -4.09. The Morgan fingerprint density at radius 3 is 2.81 bits per heavy atom. The summed E-state index contributed by atoms with van der Waals surface area (Å²) in [5, 5.41) is 9.08. The molecule has 1 aromatic carbocycles. The first-order valence-corrected chi connectivity index (χ1v) is 9.47. The Balaban J connectivity index is 2.28. The number of halogens is 2. The lowest BCUT2D eigenvalue weighted by atomic mass is 10.2. The molecule has 9 heteroatoms. The molecule has 2 N–H and O–H groups in total. The normalized spacial score (nSPS) is 18.9. The Morgan fingerprint density at radius 2 is 2.24 bits per heavy atom. The molecule has 0 radical (unpaired) electrons. The van der Waals surface area contributed by atoms with Crippen LogP contribution in [0.2, 0.25) is 0 Å². The monoisotopic (exact) mass is 397 g/mol. The van der Waals surface area contributed by atoms with Crippen molar-refractivity contribution in [3.8, 4) is 0 Å². The summed E-state index contributed by atoms with van der Waals surface area (Å²) in [6.45, 7) is 0.210. The van der Waals surface area contributed by atoms with Crippen molar-refractivity contribution in [3.05, 3.63) is 28.0 Å². The lowest BCUT2D eigenvalue weighted by Crippen LogP contribution is -2.30. The highest BCUT2D eigenvalue weighted by Crippen LogP contribution is 2.27. The number of rotatable bonds is 5. The Labute approximate surface area is 134 Å². The fraction of sp³-hybridized carbons (Fsp3) is 0.417. The van der Waals surface area contributed by atoms with E-state index in [1.165, 1.54) is 0 Å². The van der Waals surface area contributed by atoms with Gasteiger partial charge in [-0.2, -0.15) is 11.8 Å². The number of thioether (sulfide) groups is 1. The molecule has 0 spiro atoms. The number of aromatic carboxylic acids is 1. The molecule has 1 fully saturated rings. The van der Waals surface area contributed by atoms with Gasteiger partial charge < -0.3 is 5.11 Å². The number of hydrogen-bond acceptors (Lipinski definition) is 4. The highest BCUT2D eigenvalue weighted by atomic mass is 79.9. The van der Waals surface area contributed by atoms with Crippen LogP contribution in [0.5, 0.6) is 0 Å². The standard InChI is InChI=1S/C12H13BrFNO4S2/c13-7-4-9(12(16)17)11(14)10(5-7)21(18,19)15-6-8-2-1-3-20-8/h4-5,8,15H,1-3,6H2,(H,16,17). The lowest BCUT2D eigenvalue weighted by Gasteiger charge is -2.12. The zero-order valence-electron chi connectivity index (χ0n) is 10.8. The molecule has 0 bridgehead atoms. The van der Waals surface area contributed by atoms with Crippen molar-refractivity contribution in [2.24, 2.45) is 0 Å². The molecular weight excluding hydrogens is 385 g/mol. The van der Waals surface area contributed by atoms with Gasteiger partial charge in [-0.1, -0.05) is 15.9 Å². The maximum atomic E-state index is 14.1. The first-order valence-electron chi connectivity index (χ1n) is 6.15. The van der Waals surface area contributed by atoms with Crippen molar-refractivity contribution in [1.82, 2.24) is 4.72 Å². The van der Waals surface area contributed by atoms with E-state index in [2.05, 4.69) is 20.7 Å². The molecule has 0 aliphatic carbocycles. The summed E-state index contributed by atoms with van der Waals surface area (Å²) in [5.41, 5.74) is -0.681. The Bertz CT molecular complexity index is 659. The number of sulfonamides is 1. The summed E-state index contributed by atoms with van der Waals surface area (Å²) in [6.07, 6.45) is 1.94. The predicted molar refractivity (Wildman–Crippen MR) is 81.7 cm³/mol. The van der Waals surface area contributed by atoms with Crippen LogP contribution in [0.25, 0.3) is 0 Å². The van der Waals surface area contributed by atoms with Crippen molar-refractivity contribution < 1.29 is 22.7 Å². The summed E-state index contributed by atoms with van der Waals surface area (Å²) in [4.78, 5) is 10.3. The first kappa shape index (κ1) is 16.7. The second-order valence-electron chi connectivity index (χ2n) is 4.56. The predicted octanol–water partition coefficient (Wildman–Crippen LogP) is 2.46. The van der Waals surface area contributed by atoms with Gasteiger partial charge in [0.05, 0.1) is 5.56 Å². The van der Waals surface area contributed by atoms with E-state index < -0.39 is 32.3 Å². The summed E-state index contributed by atoms with van der Waals surface area (Å²) in [6, 6.07) is 2.09. The molecule has 0 amide bonds. The van der Waals surface area contributed by atoms with Crippen molar-refractivity contribution in [3.63, 3.8) is 0 Å². The van der Waals surface area contributed by atoms with Crippen LogP contribution in [-0.4, -0.2) is 37.0 Å². The van der Waals surface area contributed by atoms with Crippen molar-refractivity contribution in [2.45, 2.75) is 23.0 Å². The second kappa shape index (κ2) is 6.64. The average Bonchev–Trinajstić information content (AvgIpc) is 2.91. The number of carboxylic acids is 1. The topological polar surface area (TPSA) is 83.5 Å². The molecule has 21 heavy (non-hydrogen) atoms. The van der Waals surface area contributed by atoms with Gasteiger partial charge in [0.1, 0.15) is 4.90 Å². The van der Waals surface area contributed by atoms with Crippen LogP contribution in [0.3, 0.4) is 0 Å². The minimum absolute atomic E-state index is 0.175. The van der Waals surface area contributed by atoms with Crippen molar-refractivity contribution in [1.29, 1.82) is 0 Å². The largest absolute Gasteiger partial charge is 0.478 e. The van der Waals surface area contributed by atoms with Gasteiger partial charge in [-0.25, -0.2) is 22.3 Å². The van der Waals surface area contributed by atoms with Crippen LogP contribution >= 0.6 is 27.7 Å². The van der Waals surface area contributed by atoms with Gasteiger partial charge in [-0.3, -0.25) is 0 Å². The van der Waals surface area contributed by atoms with E-state index in [-0.39, 0.29) is 16.3 Å². The van der Waals surface area contributed by atoms with Gasteiger partial charge in [0.2, 0.25) is 10.0 Å². The molecule has 1 heterocycles. The molecule has 0 saturated carbocycles. The van der Waals surface area contributed by atoms with E-state index in [4.69, 9.17) is 5.11 Å². The van der Waals surface area contributed by atoms with E-state index >= 15 is 0 Å². The van der Waals surface area contributed by atoms with Crippen LogP contribution in [-0.2, 0) is 10.0 Å². The maximum absolute atomic E-state index is 14.1. The Morgan fingerprint density at radius 1 is 1.52 bits per heavy atom. The van der Waals surface area contributed by atoms with Crippen molar-refractivity contribution >= 4 is 43.7 Å². The molecular formula is C12H13BrFNO4S2. The first-order chi connectivity index (χ1) is 9.81. The molecule has 1 unspecified atom stereocenters. The molecule has 116 valence electrons. The second-order valence-corrected chi connectivity index (χ2v) is 8.62. The van der Waals surface area contributed by atoms with Crippen LogP contribution in [0.1, 0.15) is 23.2 Å². The lowest BCUT2D eigenvalue weighted by molar-refractivity contribution is 0.0691. The van der Waals surface area contributed by atoms with E-state index in [0.29, 0.717) is 0 Å². The molecule has 5 nitrogen and oxygen atoms in total. The molecule has 1 aliphatic rings. The summed E-state index contributed by atoms with van der Waals surface area (Å²) in [5.74, 6) is -1.78. The third kappa shape index (κ3) is 3.97. The van der Waals surface area contributed by atoms with Gasteiger partial charge >= 0.3 is 5.97 Å². The molecule has 1 aromatic rings. The van der Waals surface area contributed by atoms with E-state index in [1.807, 2.05) is 0 Å². The summed E-state index contributed by atoms with van der Waals surface area (Å²) >= 11 is 4.67. The van der Waals surface area contributed by atoms with Gasteiger partial charge in [0.15, 0.2) is 5.82 Å². The van der Waals surface area contributed by atoms with E-state index in [0.717, 1.165) is 30.7 Å². The maximum Gasteiger partial charge on any atom is 0.338 e. The highest BCUT2D eigenvalue weighted by molar-refractivity contribution is 9.10. The minimum Gasteiger partial charge on any atom is -0.478 e. The molecule has 2 rings (SSSR count). The van der Waals surface area contributed by atoms with Crippen LogP contribution in [0, 0.1) is 5.82 Å². The Kier molecular flexibility index (Phi) is 5.29. The Hall–Kier alpha value is -0.640. The number of carbonyl (C=O) groups is 1. The zero-order chi connectivity index (χ0) is 15.6. The molecule has 1 atom stereocenters. The smallest absolute Gasteiger partial charge is 0.338 e.